The average Bonchev–Trinajstić information content (AvgIpc) is 3.10. The van der Waals surface area contributed by atoms with Gasteiger partial charge < -0.3 is 19.4 Å². The van der Waals surface area contributed by atoms with Crippen molar-refractivity contribution >= 4 is 23.7 Å². The number of nitrogens with one attached hydrogen (secondary N) is 2. The van der Waals surface area contributed by atoms with Crippen molar-refractivity contribution < 1.29 is 32.2 Å². The number of hydrogen-bond acceptors (Lipinski definition) is 5. The van der Waals surface area contributed by atoms with Crippen LogP contribution in [0, 0.1) is 13.8 Å². The number of methoxy groups -OCH3 is 2. The molecule has 3 rings (SSSR count). The SMILES string of the molecule is COc1ccc(OC)c(NC(=O)C(=O)N/N=C\c2cc(C)n(-c3ccccc3C(F)(F)F)c2C)c1. The van der Waals surface area contributed by atoms with Gasteiger partial charge in [-0.15, -0.1) is 0 Å². The summed E-state index contributed by atoms with van der Waals surface area (Å²) < 4.78 is 52.1. The largest absolute Gasteiger partial charge is 0.497 e. The van der Waals surface area contributed by atoms with E-state index in [1.54, 1.807) is 32.0 Å². The van der Waals surface area contributed by atoms with Gasteiger partial charge in [0, 0.05) is 23.0 Å². The third-order valence-electron chi connectivity index (χ3n) is 5.15. The molecule has 0 bridgehead atoms. The highest BCUT2D eigenvalue weighted by atomic mass is 19.4. The molecule has 8 nitrogen and oxygen atoms in total. The zero-order chi connectivity index (χ0) is 25.8. The van der Waals surface area contributed by atoms with E-state index >= 15 is 0 Å². The molecule has 0 aliphatic carbocycles. The van der Waals surface area contributed by atoms with Crippen molar-refractivity contribution in [3.05, 3.63) is 71.0 Å². The number of aryl methyl sites for hydroxylation is 1. The lowest BCUT2D eigenvalue weighted by atomic mass is 10.1. The minimum Gasteiger partial charge on any atom is -0.497 e. The summed E-state index contributed by atoms with van der Waals surface area (Å²) in [6.45, 7) is 3.29. The lowest BCUT2D eigenvalue weighted by Crippen LogP contribution is -2.32. The van der Waals surface area contributed by atoms with Crippen LogP contribution in [0.25, 0.3) is 5.69 Å². The quantitative estimate of drug-likeness (QED) is 0.309. The molecule has 0 radical (unpaired) electrons. The molecule has 35 heavy (non-hydrogen) atoms. The minimum atomic E-state index is -4.53. The Labute approximate surface area is 199 Å². The smallest absolute Gasteiger partial charge is 0.418 e. The summed E-state index contributed by atoms with van der Waals surface area (Å²) in [5, 5.41) is 6.19. The van der Waals surface area contributed by atoms with Crippen molar-refractivity contribution in [3.63, 3.8) is 0 Å². The Bertz CT molecular complexity index is 1280. The number of anilines is 1. The number of hydrogen-bond donors (Lipinski definition) is 2. The van der Waals surface area contributed by atoms with E-state index in [9.17, 15) is 22.8 Å². The minimum absolute atomic E-state index is 0.0229. The Kier molecular flexibility index (Phi) is 7.48. The molecule has 2 aromatic carbocycles. The van der Waals surface area contributed by atoms with Crippen LogP contribution in [0.15, 0.2) is 53.6 Å². The first-order valence-corrected chi connectivity index (χ1v) is 10.3. The summed E-state index contributed by atoms with van der Waals surface area (Å²) in [4.78, 5) is 24.4. The van der Waals surface area contributed by atoms with Crippen LogP contribution in [0.1, 0.15) is 22.5 Å². The molecule has 0 aliphatic rings. The highest BCUT2D eigenvalue weighted by Crippen LogP contribution is 2.35. The van der Waals surface area contributed by atoms with Gasteiger partial charge in [0.2, 0.25) is 0 Å². The maximum atomic E-state index is 13.5. The molecular formula is C24H23F3N4O4. The maximum Gasteiger partial charge on any atom is 0.418 e. The Hall–Kier alpha value is -4.28. The summed E-state index contributed by atoms with van der Waals surface area (Å²) in [6.07, 6.45) is -3.27. The number of para-hydroxylation sites is 1. The molecule has 0 atom stereocenters. The van der Waals surface area contributed by atoms with E-state index in [0.717, 1.165) is 6.07 Å². The van der Waals surface area contributed by atoms with Gasteiger partial charge in [-0.3, -0.25) is 9.59 Å². The van der Waals surface area contributed by atoms with E-state index in [1.165, 1.54) is 49.3 Å². The number of aromatic nitrogens is 1. The number of rotatable bonds is 6. The van der Waals surface area contributed by atoms with E-state index in [4.69, 9.17) is 9.47 Å². The summed E-state index contributed by atoms with van der Waals surface area (Å²) in [6, 6.07) is 11.5. The lowest BCUT2D eigenvalue weighted by molar-refractivity contribution is -0.137. The Balaban J connectivity index is 1.76. The van der Waals surface area contributed by atoms with Crippen LogP contribution in [-0.2, 0) is 15.8 Å². The molecular weight excluding hydrogens is 465 g/mol. The normalized spacial score (nSPS) is 11.4. The molecule has 1 aromatic heterocycles. The van der Waals surface area contributed by atoms with Gasteiger partial charge in [0.15, 0.2) is 0 Å². The van der Waals surface area contributed by atoms with Crippen LogP contribution < -0.4 is 20.2 Å². The van der Waals surface area contributed by atoms with Crippen molar-refractivity contribution in [2.24, 2.45) is 5.10 Å². The van der Waals surface area contributed by atoms with Crippen LogP contribution in [0.5, 0.6) is 11.5 Å². The van der Waals surface area contributed by atoms with Crippen LogP contribution in [0.4, 0.5) is 18.9 Å². The van der Waals surface area contributed by atoms with Gasteiger partial charge in [-0.1, -0.05) is 12.1 Å². The predicted octanol–water partition coefficient (Wildman–Crippen LogP) is 4.22. The maximum absolute atomic E-state index is 13.5. The number of halogens is 3. The second kappa shape index (κ2) is 10.3. The number of benzene rings is 2. The highest BCUT2D eigenvalue weighted by molar-refractivity contribution is 6.39. The summed E-state index contributed by atoms with van der Waals surface area (Å²) >= 11 is 0. The monoisotopic (exact) mass is 488 g/mol. The van der Waals surface area contributed by atoms with E-state index < -0.39 is 23.6 Å². The van der Waals surface area contributed by atoms with E-state index in [1.807, 2.05) is 0 Å². The third-order valence-corrected chi connectivity index (χ3v) is 5.15. The molecule has 0 saturated carbocycles. The van der Waals surface area contributed by atoms with Gasteiger partial charge in [-0.2, -0.15) is 18.3 Å². The topological polar surface area (TPSA) is 93.9 Å². The van der Waals surface area contributed by atoms with Gasteiger partial charge in [0.1, 0.15) is 11.5 Å². The summed E-state index contributed by atoms with van der Waals surface area (Å²) in [5.74, 6) is -1.29. The Morgan fingerprint density at radius 3 is 2.37 bits per heavy atom. The van der Waals surface area contributed by atoms with Crippen LogP contribution in [0.2, 0.25) is 0 Å². The molecule has 11 heteroatoms. The van der Waals surface area contributed by atoms with Gasteiger partial charge in [0.05, 0.1) is 37.4 Å². The van der Waals surface area contributed by atoms with Crippen LogP contribution in [-0.4, -0.2) is 36.8 Å². The van der Waals surface area contributed by atoms with E-state index in [0.29, 0.717) is 28.5 Å². The molecule has 1 heterocycles. The second-order valence-corrected chi connectivity index (χ2v) is 7.40. The van der Waals surface area contributed by atoms with Crippen molar-refractivity contribution in [3.8, 4) is 17.2 Å². The number of hydrazone groups is 1. The molecule has 0 unspecified atom stereocenters. The molecule has 2 N–H and O–H groups in total. The fourth-order valence-electron chi connectivity index (χ4n) is 3.50. The van der Waals surface area contributed by atoms with Gasteiger partial charge in [-0.05, 0) is 44.2 Å². The standard InChI is InChI=1S/C24H23F3N4O4/c1-14-11-16(15(2)31(14)20-8-6-5-7-18(20)24(25,26)27)13-28-30-23(33)22(32)29-19-12-17(34-3)9-10-21(19)35-4/h5-13H,1-4H3,(H,29,32)(H,30,33)/b28-13-. The molecule has 0 fully saturated rings. The summed E-state index contributed by atoms with van der Waals surface area (Å²) in [5.41, 5.74) is 3.01. The first-order chi connectivity index (χ1) is 16.6. The van der Waals surface area contributed by atoms with Crippen molar-refractivity contribution in [2.75, 3.05) is 19.5 Å². The summed E-state index contributed by atoms with van der Waals surface area (Å²) in [7, 11) is 2.86. The lowest BCUT2D eigenvalue weighted by Gasteiger charge is -2.16. The predicted molar refractivity (Wildman–Crippen MR) is 124 cm³/mol. The number of ether oxygens (including phenoxy) is 2. The van der Waals surface area contributed by atoms with Gasteiger partial charge in [0.25, 0.3) is 0 Å². The Morgan fingerprint density at radius 2 is 1.71 bits per heavy atom. The molecule has 0 aliphatic heterocycles. The van der Waals surface area contributed by atoms with Crippen LogP contribution in [0.3, 0.4) is 0 Å². The number of amides is 2. The second-order valence-electron chi connectivity index (χ2n) is 7.40. The molecule has 3 aromatic rings. The number of alkyl halides is 3. The Morgan fingerprint density at radius 1 is 1.00 bits per heavy atom. The number of carbonyl (C=O) groups excluding carboxylic acids is 2. The first-order valence-electron chi connectivity index (χ1n) is 10.3. The van der Waals surface area contributed by atoms with E-state index in [-0.39, 0.29) is 11.4 Å². The van der Waals surface area contributed by atoms with Crippen molar-refractivity contribution in [2.45, 2.75) is 20.0 Å². The van der Waals surface area contributed by atoms with Crippen molar-refractivity contribution in [1.29, 1.82) is 0 Å². The molecule has 184 valence electrons. The molecule has 0 saturated heterocycles. The average molecular weight is 488 g/mol. The van der Waals surface area contributed by atoms with Gasteiger partial charge in [-0.25, -0.2) is 5.43 Å². The van der Waals surface area contributed by atoms with Crippen molar-refractivity contribution in [1.82, 2.24) is 9.99 Å². The molecule has 0 spiro atoms. The molecule has 2 amide bonds. The van der Waals surface area contributed by atoms with Crippen LogP contribution >= 0.6 is 0 Å². The first kappa shape index (κ1) is 25.3. The third kappa shape index (κ3) is 5.62. The van der Waals surface area contributed by atoms with Gasteiger partial charge >= 0.3 is 18.0 Å². The zero-order valence-electron chi connectivity index (χ0n) is 19.4. The van der Waals surface area contributed by atoms with E-state index in [2.05, 4.69) is 15.8 Å². The number of nitrogens with zero attached hydrogens (tertiary/aromatic N) is 2. The zero-order valence-corrected chi connectivity index (χ0v) is 19.4. The number of carbonyl (C=O) groups is 2. The fraction of sp³-hybridized carbons (Fsp3) is 0.208. The highest BCUT2D eigenvalue weighted by Gasteiger charge is 2.34. The fourth-order valence-corrected chi connectivity index (χ4v) is 3.50.